The normalized spacial score (nSPS) is 12.6. The van der Waals surface area contributed by atoms with Crippen molar-refractivity contribution in [2.24, 2.45) is 5.73 Å². The number of nitrogens with two attached hydrogens (primary N) is 1. The number of esters is 1. The average molecular weight is 246 g/mol. The molecular formula is C14H18N2O2. The molecule has 1 rings (SSSR count). The minimum atomic E-state index is -0.678. The lowest BCUT2D eigenvalue weighted by molar-refractivity contribution is -0.156. The summed E-state index contributed by atoms with van der Waals surface area (Å²) in [5, 5.41) is 0. The summed E-state index contributed by atoms with van der Waals surface area (Å²) in [4.78, 5) is 15.0. The van der Waals surface area contributed by atoms with E-state index in [2.05, 4.69) is 4.85 Å². The Hall–Kier alpha value is -1.86. The van der Waals surface area contributed by atoms with Gasteiger partial charge >= 0.3 is 5.97 Å². The third-order valence-corrected chi connectivity index (χ3v) is 2.23. The Labute approximate surface area is 108 Å². The number of ether oxygens (including phenoxy) is 1. The van der Waals surface area contributed by atoms with E-state index in [9.17, 15) is 4.79 Å². The van der Waals surface area contributed by atoms with Gasteiger partial charge in [-0.1, -0.05) is 24.3 Å². The molecule has 4 heteroatoms. The first-order valence-electron chi connectivity index (χ1n) is 5.76. The molecule has 1 aromatic rings. The van der Waals surface area contributed by atoms with Crippen molar-refractivity contribution in [3.05, 3.63) is 41.2 Å². The molecule has 1 atom stereocenters. The predicted octanol–water partition coefficient (Wildman–Crippen LogP) is 2.45. The fourth-order valence-corrected chi connectivity index (χ4v) is 1.42. The highest BCUT2D eigenvalue weighted by Gasteiger charge is 2.22. The molecule has 0 aliphatic heterocycles. The largest absolute Gasteiger partial charge is 0.459 e. The number of rotatable bonds is 3. The number of carbonyl (C=O) groups is 1. The van der Waals surface area contributed by atoms with Crippen molar-refractivity contribution in [2.75, 3.05) is 0 Å². The summed E-state index contributed by atoms with van der Waals surface area (Å²) in [6.45, 7) is 12.3. The summed E-state index contributed by atoms with van der Waals surface area (Å²) < 4.78 is 5.20. The molecule has 0 radical (unpaired) electrons. The highest BCUT2D eigenvalue weighted by atomic mass is 16.6. The van der Waals surface area contributed by atoms with Crippen molar-refractivity contribution in [1.29, 1.82) is 0 Å². The van der Waals surface area contributed by atoms with Gasteiger partial charge in [0.15, 0.2) is 5.69 Å². The van der Waals surface area contributed by atoms with Crippen LogP contribution in [-0.2, 0) is 16.0 Å². The highest BCUT2D eigenvalue weighted by Crippen LogP contribution is 2.14. The maximum atomic E-state index is 11.7. The predicted molar refractivity (Wildman–Crippen MR) is 70.2 cm³/mol. The minimum Gasteiger partial charge on any atom is -0.459 e. The van der Waals surface area contributed by atoms with Crippen molar-refractivity contribution >= 4 is 11.7 Å². The lowest BCUT2D eigenvalue weighted by atomic mass is 10.1. The maximum Gasteiger partial charge on any atom is 0.323 e. The SMILES string of the molecule is [C-]#[N+]c1ccc(CC(N)C(=O)OC(C)(C)C)cc1. The van der Waals surface area contributed by atoms with Crippen LogP contribution >= 0.6 is 0 Å². The van der Waals surface area contributed by atoms with Crippen molar-refractivity contribution in [3.8, 4) is 0 Å². The first kappa shape index (κ1) is 14.2. The van der Waals surface area contributed by atoms with E-state index >= 15 is 0 Å². The summed E-state index contributed by atoms with van der Waals surface area (Å²) >= 11 is 0. The molecule has 0 amide bonds. The molecule has 0 aliphatic carbocycles. The van der Waals surface area contributed by atoms with Crippen LogP contribution in [0.5, 0.6) is 0 Å². The van der Waals surface area contributed by atoms with Gasteiger partial charge in [0.25, 0.3) is 0 Å². The second kappa shape index (κ2) is 5.65. The molecule has 18 heavy (non-hydrogen) atoms. The van der Waals surface area contributed by atoms with Crippen molar-refractivity contribution < 1.29 is 9.53 Å². The Bertz CT molecular complexity index is 452. The second-order valence-corrected chi connectivity index (χ2v) is 5.12. The van der Waals surface area contributed by atoms with Crippen LogP contribution in [0.2, 0.25) is 0 Å². The van der Waals surface area contributed by atoms with Gasteiger partial charge in [0.05, 0.1) is 6.57 Å². The first-order chi connectivity index (χ1) is 8.31. The Morgan fingerprint density at radius 2 is 1.94 bits per heavy atom. The standard InChI is InChI=1S/C14H18N2O2/c1-14(2,3)18-13(17)12(15)9-10-5-7-11(16-4)8-6-10/h5-8,12H,9,15H2,1-3H3. The van der Waals surface area contributed by atoms with Gasteiger partial charge in [-0.2, -0.15) is 0 Å². The zero-order valence-corrected chi connectivity index (χ0v) is 10.9. The van der Waals surface area contributed by atoms with Gasteiger partial charge in [0.2, 0.25) is 0 Å². The Kier molecular flexibility index (Phi) is 4.46. The molecule has 0 spiro atoms. The van der Waals surface area contributed by atoms with Gasteiger partial charge in [-0.05, 0) is 32.8 Å². The molecule has 0 aromatic heterocycles. The average Bonchev–Trinajstić information content (AvgIpc) is 2.27. The van der Waals surface area contributed by atoms with Crippen molar-refractivity contribution in [1.82, 2.24) is 0 Å². The number of nitrogens with zero attached hydrogens (tertiary/aromatic N) is 1. The summed E-state index contributed by atoms with van der Waals surface area (Å²) in [6.07, 6.45) is 0.410. The summed E-state index contributed by atoms with van der Waals surface area (Å²) in [5.74, 6) is -0.406. The molecule has 0 fully saturated rings. The topological polar surface area (TPSA) is 56.7 Å². The van der Waals surface area contributed by atoms with Gasteiger partial charge in [0, 0.05) is 0 Å². The molecular weight excluding hydrogens is 228 g/mol. The van der Waals surface area contributed by atoms with E-state index in [1.807, 2.05) is 20.8 Å². The van der Waals surface area contributed by atoms with Crippen LogP contribution in [0.15, 0.2) is 24.3 Å². The first-order valence-corrected chi connectivity index (χ1v) is 5.76. The molecule has 0 saturated heterocycles. The van der Waals surface area contributed by atoms with E-state index in [4.69, 9.17) is 17.0 Å². The number of hydrogen-bond acceptors (Lipinski definition) is 3. The van der Waals surface area contributed by atoms with Gasteiger partial charge < -0.3 is 10.5 Å². The number of benzene rings is 1. The summed E-state index contributed by atoms with van der Waals surface area (Å²) in [7, 11) is 0. The molecule has 0 saturated carbocycles. The van der Waals surface area contributed by atoms with E-state index < -0.39 is 17.6 Å². The van der Waals surface area contributed by atoms with Crippen LogP contribution in [0, 0.1) is 6.57 Å². The van der Waals surface area contributed by atoms with Crippen LogP contribution in [0.25, 0.3) is 4.85 Å². The minimum absolute atomic E-state index is 0.406. The molecule has 1 aromatic carbocycles. The Morgan fingerprint density at radius 1 is 1.39 bits per heavy atom. The molecule has 4 nitrogen and oxygen atoms in total. The second-order valence-electron chi connectivity index (χ2n) is 5.12. The van der Waals surface area contributed by atoms with Crippen LogP contribution < -0.4 is 5.73 Å². The van der Waals surface area contributed by atoms with Crippen LogP contribution in [0.4, 0.5) is 5.69 Å². The fourth-order valence-electron chi connectivity index (χ4n) is 1.42. The number of carbonyl (C=O) groups excluding carboxylic acids is 1. The van der Waals surface area contributed by atoms with E-state index in [0.717, 1.165) is 5.56 Å². The van der Waals surface area contributed by atoms with Crippen molar-refractivity contribution in [2.45, 2.75) is 38.8 Å². The van der Waals surface area contributed by atoms with Crippen LogP contribution in [0.1, 0.15) is 26.3 Å². The summed E-state index contributed by atoms with van der Waals surface area (Å²) in [6, 6.07) is 6.35. The van der Waals surface area contributed by atoms with Gasteiger partial charge in [-0.25, -0.2) is 4.85 Å². The fraction of sp³-hybridized carbons (Fsp3) is 0.429. The van der Waals surface area contributed by atoms with Gasteiger partial charge in [0.1, 0.15) is 11.6 Å². The van der Waals surface area contributed by atoms with Crippen molar-refractivity contribution in [3.63, 3.8) is 0 Å². The van der Waals surface area contributed by atoms with E-state index in [1.165, 1.54) is 0 Å². The molecule has 0 bridgehead atoms. The van der Waals surface area contributed by atoms with Gasteiger partial charge in [-0.15, -0.1) is 0 Å². The molecule has 2 N–H and O–H groups in total. The third-order valence-electron chi connectivity index (χ3n) is 2.23. The van der Waals surface area contributed by atoms with Gasteiger partial charge in [-0.3, -0.25) is 4.79 Å². The zero-order valence-electron chi connectivity index (χ0n) is 10.9. The smallest absolute Gasteiger partial charge is 0.323 e. The lowest BCUT2D eigenvalue weighted by Crippen LogP contribution is -2.38. The lowest BCUT2D eigenvalue weighted by Gasteiger charge is -2.22. The molecule has 96 valence electrons. The Balaban J connectivity index is 2.61. The Morgan fingerprint density at radius 3 is 2.39 bits per heavy atom. The quantitative estimate of drug-likeness (QED) is 0.658. The maximum absolute atomic E-state index is 11.7. The zero-order chi connectivity index (χ0) is 13.8. The van der Waals surface area contributed by atoms with E-state index in [1.54, 1.807) is 24.3 Å². The highest BCUT2D eigenvalue weighted by molar-refractivity contribution is 5.76. The monoisotopic (exact) mass is 246 g/mol. The molecule has 0 heterocycles. The molecule has 0 aliphatic rings. The summed E-state index contributed by atoms with van der Waals surface area (Å²) in [5.41, 5.74) is 6.76. The van der Waals surface area contributed by atoms with E-state index in [-0.39, 0.29) is 0 Å². The third kappa shape index (κ3) is 4.56. The van der Waals surface area contributed by atoms with Crippen LogP contribution in [-0.4, -0.2) is 17.6 Å². The van der Waals surface area contributed by atoms with Crippen LogP contribution in [0.3, 0.4) is 0 Å². The number of hydrogen-bond donors (Lipinski definition) is 1. The van der Waals surface area contributed by atoms with E-state index in [0.29, 0.717) is 12.1 Å². The molecule has 1 unspecified atom stereocenters.